The Bertz CT molecular complexity index is 663. The van der Waals surface area contributed by atoms with Crippen molar-refractivity contribution >= 4 is 17.2 Å². The highest BCUT2D eigenvalue weighted by Crippen LogP contribution is 2.22. The smallest absolute Gasteiger partial charge is 0.264 e. The summed E-state index contributed by atoms with van der Waals surface area (Å²) in [5, 5.41) is 1.87. The van der Waals surface area contributed by atoms with Gasteiger partial charge in [0.25, 0.3) is 11.8 Å². The minimum atomic E-state index is -0.506. The van der Waals surface area contributed by atoms with Crippen molar-refractivity contribution in [1.29, 1.82) is 0 Å². The third kappa shape index (κ3) is 2.94. The largest absolute Gasteiger partial charge is 0.470 e. The third-order valence-corrected chi connectivity index (χ3v) is 4.46. The summed E-state index contributed by atoms with van der Waals surface area (Å²) in [5.74, 6) is -0.534. The van der Waals surface area contributed by atoms with Gasteiger partial charge in [0.1, 0.15) is 12.4 Å². The molecule has 7 heteroatoms. The minimum Gasteiger partial charge on any atom is -0.470 e. The molecule has 2 aromatic heterocycles. The van der Waals surface area contributed by atoms with Crippen molar-refractivity contribution in [2.75, 3.05) is 13.1 Å². The monoisotopic (exact) mass is 321 g/mol. The molecule has 0 saturated carbocycles. The van der Waals surface area contributed by atoms with E-state index in [2.05, 4.69) is 9.97 Å². The number of likely N-dealkylation sites (tertiary alicyclic amines) is 1. The lowest BCUT2D eigenvalue weighted by Crippen LogP contribution is -2.30. The molecule has 1 amide bonds. The van der Waals surface area contributed by atoms with Gasteiger partial charge < -0.3 is 9.64 Å². The van der Waals surface area contributed by atoms with Crippen molar-refractivity contribution in [2.45, 2.75) is 25.9 Å². The Hall–Kier alpha value is -2.02. The number of rotatable bonds is 4. The summed E-state index contributed by atoms with van der Waals surface area (Å²) in [6.07, 6.45) is 2.22. The Kier molecular flexibility index (Phi) is 4.33. The zero-order valence-corrected chi connectivity index (χ0v) is 13.0. The van der Waals surface area contributed by atoms with Gasteiger partial charge >= 0.3 is 0 Å². The summed E-state index contributed by atoms with van der Waals surface area (Å²) in [6.45, 7) is 2.88. The second-order valence-electron chi connectivity index (χ2n) is 5.05. The first kappa shape index (κ1) is 14.9. The first-order valence-corrected chi connectivity index (χ1v) is 8.05. The normalized spacial score (nSPS) is 17.7. The molecule has 0 bridgehead atoms. The van der Waals surface area contributed by atoms with Crippen molar-refractivity contribution in [3.8, 4) is 5.88 Å². The first-order chi connectivity index (χ1) is 10.7. The van der Waals surface area contributed by atoms with Crippen LogP contribution in [0.5, 0.6) is 5.88 Å². The molecule has 0 unspecified atom stereocenters. The van der Waals surface area contributed by atoms with Crippen LogP contribution in [0.3, 0.4) is 0 Å². The van der Waals surface area contributed by atoms with E-state index in [1.54, 1.807) is 11.0 Å². The Balaban J connectivity index is 1.65. The van der Waals surface area contributed by atoms with E-state index >= 15 is 0 Å². The number of aromatic nitrogens is 2. The molecule has 1 aliphatic heterocycles. The average Bonchev–Trinajstić information content (AvgIpc) is 3.20. The van der Waals surface area contributed by atoms with Crippen molar-refractivity contribution in [2.24, 2.45) is 0 Å². The molecule has 3 rings (SSSR count). The van der Waals surface area contributed by atoms with Crippen LogP contribution < -0.4 is 4.74 Å². The maximum Gasteiger partial charge on any atom is 0.264 e. The highest BCUT2D eigenvalue weighted by Gasteiger charge is 2.29. The lowest BCUT2D eigenvalue weighted by molar-refractivity contribution is 0.0774. The van der Waals surface area contributed by atoms with E-state index in [-0.39, 0.29) is 17.9 Å². The second-order valence-corrected chi connectivity index (χ2v) is 6.00. The van der Waals surface area contributed by atoms with Gasteiger partial charge in [0.05, 0.1) is 17.1 Å². The fraction of sp³-hybridized carbons (Fsp3) is 0.400. The van der Waals surface area contributed by atoms with Crippen LogP contribution in [0.25, 0.3) is 0 Å². The van der Waals surface area contributed by atoms with Gasteiger partial charge in [-0.25, -0.2) is 4.98 Å². The summed E-state index contributed by atoms with van der Waals surface area (Å²) < 4.78 is 19.7. The molecule has 1 atom stereocenters. The molecule has 0 radical (unpaired) electrons. The number of nitrogens with zero attached hydrogens (tertiary/aromatic N) is 3. The van der Waals surface area contributed by atoms with Gasteiger partial charge in [-0.05, 0) is 17.9 Å². The van der Waals surface area contributed by atoms with E-state index in [1.165, 1.54) is 17.7 Å². The molecular formula is C15H16FN3O2S. The van der Waals surface area contributed by atoms with E-state index in [0.717, 1.165) is 0 Å². The van der Waals surface area contributed by atoms with Crippen LogP contribution in [0.15, 0.2) is 23.8 Å². The van der Waals surface area contributed by atoms with Crippen molar-refractivity contribution in [3.05, 3.63) is 40.2 Å². The van der Waals surface area contributed by atoms with Gasteiger partial charge in [0, 0.05) is 13.0 Å². The first-order valence-electron chi connectivity index (χ1n) is 7.17. The summed E-state index contributed by atoms with van der Waals surface area (Å²) >= 11 is 1.42. The number of ether oxygens (including phenoxy) is 1. The van der Waals surface area contributed by atoms with Crippen LogP contribution in [0.4, 0.5) is 4.39 Å². The van der Waals surface area contributed by atoms with Gasteiger partial charge in [0.15, 0.2) is 0 Å². The number of thiophene rings is 1. The second kappa shape index (κ2) is 6.39. The lowest BCUT2D eigenvalue weighted by Gasteiger charge is -2.16. The Morgan fingerprint density at radius 2 is 2.41 bits per heavy atom. The summed E-state index contributed by atoms with van der Waals surface area (Å²) in [4.78, 5) is 22.4. The van der Waals surface area contributed by atoms with Gasteiger partial charge in [-0.3, -0.25) is 4.79 Å². The highest BCUT2D eigenvalue weighted by molar-refractivity contribution is 7.12. The van der Waals surface area contributed by atoms with Crippen LogP contribution in [0.2, 0.25) is 0 Å². The molecule has 0 spiro atoms. The maximum atomic E-state index is 14.1. The summed E-state index contributed by atoms with van der Waals surface area (Å²) in [6, 6.07) is 3.66. The van der Waals surface area contributed by atoms with Crippen LogP contribution in [0.1, 0.15) is 28.7 Å². The molecular weight excluding hydrogens is 305 g/mol. The van der Waals surface area contributed by atoms with Crippen molar-refractivity contribution < 1.29 is 13.9 Å². The topological polar surface area (TPSA) is 55.3 Å². The van der Waals surface area contributed by atoms with Gasteiger partial charge in [-0.1, -0.05) is 13.0 Å². The molecule has 0 aromatic carbocycles. The molecule has 2 aromatic rings. The molecule has 5 nitrogen and oxygen atoms in total. The predicted octanol–water partition coefficient (Wildman–Crippen LogP) is 2.53. The predicted molar refractivity (Wildman–Crippen MR) is 80.6 cm³/mol. The molecule has 116 valence electrons. The zero-order chi connectivity index (χ0) is 15.5. The fourth-order valence-electron chi connectivity index (χ4n) is 2.44. The maximum absolute atomic E-state index is 14.1. The summed E-state index contributed by atoms with van der Waals surface area (Å²) in [5.41, 5.74) is 0.342. The molecule has 22 heavy (non-hydrogen) atoms. The average molecular weight is 321 g/mol. The standard InChI is InChI=1S/C15H16FN3O2S/c1-2-11-13(16)14(18-9-17-11)21-10-5-6-19(8-10)15(20)12-4-3-7-22-12/h3-4,7,9-10H,2,5-6,8H2,1H3/t10-/m1/s1. The lowest BCUT2D eigenvalue weighted by atomic mass is 10.3. The molecule has 1 aliphatic rings. The number of carbonyl (C=O) groups excluding carboxylic acids is 1. The quantitative estimate of drug-likeness (QED) is 0.868. The van der Waals surface area contributed by atoms with E-state index < -0.39 is 5.82 Å². The van der Waals surface area contributed by atoms with Gasteiger partial charge in [-0.2, -0.15) is 9.37 Å². The molecule has 1 fully saturated rings. The zero-order valence-electron chi connectivity index (χ0n) is 12.2. The fourth-order valence-corrected chi connectivity index (χ4v) is 3.13. The Morgan fingerprint density at radius 1 is 1.55 bits per heavy atom. The number of carbonyl (C=O) groups is 1. The van der Waals surface area contributed by atoms with Crippen LogP contribution in [0, 0.1) is 5.82 Å². The Morgan fingerprint density at radius 3 is 3.14 bits per heavy atom. The van der Waals surface area contributed by atoms with Gasteiger partial charge in [-0.15, -0.1) is 11.3 Å². The van der Waals surface area contributed by atoms with E-state index in [1.807, 2.05) is 18.4 Å². The number of hydrogen-bond acceptors (Lipinski definition) is 5. The number of hydrogen-bond donors (Lipinski definition) is 0. The molecule has 0 N–H and O–H groups in total. The highest BCUT2D eigenvalue weighted by atomic mass is 32.1. The number of amides is 1. The van der Waals surface area contributed by atoms with Crippen LogP contribution in [-0.2, 0) is 6.42 Å². The molecule has 0 aliphatic carbocycles. The van der Waals surface area contributed by atoms with E-state index in [9.17, 15) is 9.18 Å². The third-order valence-electron chi connectivity index (χ3n) is 3.61. The van der Waals surface area contributed by atoms with Crippen LogP contribution in [-0.4, -0.2) is 40.0 Å². The number of aryl methyl sites for hydroxylation is 1. The summed E-state index contributed by atoms with van der Waals surface area (Å²) in [7, 11) is 0. The Labute approximate surface area is 131 Å². The van der Waals surface area contributed by atoms with Crippen molar-refractivity contribution in [3.63, 3.8) is 0 Å². The minimum absolute atomic E-state index is 0.00138. The van der Waals surface area contributed by atoms with Crippen molar-refractivity contribution in [1.82, 2.24) is 14.9 Å². The SMILES string of the molecule is CCc1ncnc(O[C@@H]2CCN(C(=O)c3cccs3)C2)c1F. The van der Waals surface area contributed by atoms with E-state index in [0.29, 0.717) is 36.5 Å². The van der Waals surface area contributed by atoms with E-state index in [4.69, 9.17) is 4.74 Å². The number of halogens is 1. The molecule has 3 heterocycles. The van der Waals surface area contributed by atoms with Crippen LogP contribution >= 0.6 is 11.3 Å². The molecule has 1 saturated heterocycles. The van der Waals surface area contributed by atoms with Gasteiger partial charge in [0.2, 0.25) is 5.82 Å².